The number of imidazole rings is 2. The number of benzene rings is 2. The number of hydrogen-bond donors (Lipinski definition) is 0. The summed E-state index contributed by atoms with van der Waals surface area (Å²) < 4.78 is 15.2. The van der Waals surface area contributed by atoms with Gasteiger partial charge in [-0.1, -0.05) is 12.1 Å². The van der Waals surface area contributed by atoms with Gasteiger partial charge in [0, 0.05) is 42.5 Å². The Hall–Kier alpha value is -3.85. The van der Waals surface area contributed by atoms with Gasteiger partial charge in [0.15, 0.2) is 16.5 Å². The molecule has 1 fully saturated rings. The summed E-state index contributed by atoms with van der Waals surface area (Å²) in [6, 6.07) is 14.3. The number of ether oxygens (including phenoxy) is 2. The third-order valence-corrected chi connectivity index (χ3v) is 7.44. The van der Waals surface area contributed by atoms with E-state index in [0.29, 0.717) is 30.3 Å². The highest BCUT2D eigenvalue weighted by Gasteiger charge is 2.29. The SMILES string of the molecule is COc1ccc(-c2nc3ccccc3n2C2CCN(C(=O)c3cn4ccsc4n3)CC2)cc1OC. The van der Waals surface area contributed by atoms with E-state index >= 15 is 0 Å². The summed E-state index contributed by atoms with van der Waals surface area (Å²) >= 11 is 1.53. The molecule has 178 valence electrons. The van der Waals surface area contributed by atoms with E-state index in [4.69, 9.17) is 14.5 Å². The number of fused-ring (bicyclic) bond motifs is 2. The van der Waals surface area contributed by atoms with Crippen molar-refractivity contribution in [3.8, 4) is 22.9 Å². The Kier molecular flexibility index (Phi) is 5.41. The number of thiazole rings is 1. The fraction of sp³-hybridized carbons (Fsp3) is 0.269. The molecule has 0 radical (unpaired) electrons. The van der Waals surface area contributed by atoms with Gasteiger partial charge in [-0.25, -0.2) is 9.97 Å². The van der Waals surface area contributed by atoms with Crippen molar-refractivity contribution in [3.63, 3.8) is 0 Å². The minimum Gasteiger partial charge on any atom is -0.493 e. The van der Waals surface area contributed by atoms with Crippen LogP contribution in [0.3, 0.4) is 0 Å². The number of nitrogens with zero attached hydrogens (tertiary/aromatic N) is 5. The third-order valence-electron chi connectivity index (χ3n) is 6.67. The van der Waals surface area contributed by atoms with Gasteiger partial charge in [-0.2, -0.15) is 0 Å². The smallest absolute Gasteiger partial charge is 0.274 e. The molecule has 5 aromatic rings. The van der Waals surface area contributed by atoms with Crippen LogP contribution in [0.5, 0.6) is 11.5 Å². The van der Waals surface area contributed by atoms with Gasteiger partial charge in [0.25, 0.3) is 5.91 Å². The molecular formula is C26H25N5O3S. The quantitative estimate of drug-likeness (QED) is 0.352. The predicted octanol–water partition coefficient (Wildman–Crippen LogP) is 4.91. The number of likely N-dealkylation sites (tertiary alicyclic amines) is 1. The molecule has 35 heavy (non-hydrogen) atoms. The Morgan fingerprint density at radius 3 is 2.60 bits per heavy atom. The summed E-state index contributed by atoms with van der Waals surface area (Å²) in [7, 11) is 3.27. The fourth-order valence-electron chi connectivity index (χ4n) is 4.91. The third kappa shape index (κ3) is 3.72. The van der Waals surface area contributed by atoms with Crippen molar-refractivity contribution in [2.24, 2.45) is 0 Å². The van der Waals surface area contributed by atoms with E-state index in [1.807, 2.05) is 63.5 Å². The van der Waals surface area contributed by atoms with Crippen molar-refractivity contribution in [3.05, 3.63) is 65.9 Å². The number of hydrogen-bond acceptors (Lipinski definition) is 6. The number of carbonyl (C=O) groups excluding carboxylic acids is 1. The van der Waals surface area contributed by atoms with Crippen LogP contribution in [0.1, 0.15) is 29.4 Å². The van der Waals surface area contributed by atoms with Gasteiger partial charge in [0.1, 0.15) is 11.5 Å². The van der Waals surface area contributed by atoms with E-state index in [-0.39, 0.29) is 11.9 Å². The Bertz CT molecular complexity index is 1500. The minimum absolute atomic E-state index is 0.00467. The van der Waals surface area contributed by atoms with E-state index in [1.54, 1.807) is 14.2 Å². The van der Waals surface area contributed by atoms with E-state index in [2.05, 4.69) is 15.6 Å². The first-order valence-electron chi connectivity index (χ1n) is 11.6. The van der Waals surface area contributed by atoms with Gasteiger partial charge in [-0.05, 0) is 43.2 Å². The van der Waals surface area contributed by atoms with Gasteiger partial charge < -0.3 is 18.9 Å². The molecule has 3 aromatic heterocycles. The number of methoxy groups -OCH3 is 2. The van der Waals surface area contributed by atoms with Crippen molar-refractivity contribution in [1.82, 2.24) is 23.8 Å². The van der Waals surface area contributed by atoms with Crippen molar-refractivity contribution in [2.45, 2.75) is 18.9 Å². The van der Waals surface area contributed by atoms with E-state index in [1.165, 1.54) is 11.3 Å². The summed E-state index contributed by atoms with van der Waals surface area (Å²) in [4.78, 5) is 25.3. The van der Waals surface area contributed by atoms with Crippen LogP contribution in [0.25, 0.3) is 27.4 Å². The lowest BCUT2D eigenvalue weighted by atomic mass is 10.0. The highest BCUT2D eigenvalue weighted by Crippen LogP contribution is 2.37. The molecule has 9 heteroatoms. The molecule has 2 aromatic carbocycles. The maximum absolute atomic E-state index is 13.1. The van der Waals surface area contributed by atoms with Crippen molar-refractivity contribution in [1.29, 1.82) is 0 Å². The van der Waals surface area contributed by atoms with Crippen molar-refractivity contribution < 1.29 is 14.3 Å². The van der Waals surface area contributed by atoms with Gasteiger partial charge in [0.2, 0.25) is 0 Å². The summed E-state index contributed by atoms with van der Waals surface area (Å²) in [6.45, 7) is 1.35. The first-order valence-corrected chi connectivity index (χ1v) is 12.4. The second kappa shape index (κ2) is 8.74. The summed E-state index contributed by atoms with van der Waals surface area (Å²) in [5.41, 5.74) is 3.52. The normalized spacial score (nSPS) is 14.6. The molecule has 1 saturated heterocycles. The molecule has 4 heterocycles. The first kappa shape index (κ1) is 21.7. The van der Waals surface area contributed by atoms with Crippen LogP contribution in [-0.2, 0) is 0 Å². The molecule has 0 atom stereocenters. The van der Waals surface area contributed by atoms with Crippen LogP contribution in [0.15, 0.2) is 60.2 Å². The zero-order chi connectivity index (χ0) is 23.9. The molecule has 0 unspecified atom stereocenters. The van der Waals surface area contributed by atoms with Crippen LogP contribution >= 0.6 is 11.3 Å². The molecule has 0 spiro atoms. The Balaban J connectivity index is 1.30. The van der Waals surface area contributed by atoms with Crippen LogP contribution < -0.4 is 9.47 Å². The molecule has 0 aliphatic carbocycles. The first-order chi connectivity index (χ1) is 17.2. The van der Waals surface area contributed by atoms with E-state index in [9.17, 15) is 4.79 Å². The topological polar surface area (TPSA) is 73.9 Å². The average Bonchev–Trinajstić information content (AvgIpc) is 3.61. The maximum Gasteiger partial charge on any atom is 0.274 e. The molecule has 8 nitrogen and oxygen atoms in total. The molecule has 6 rings (SSSR count). The molecule has 1 amide bonds. The van der Waals surface area contributed by atoms with E-state index in [0.717, 1.165) is 40.2 Å². The predicted molar refractivity (Wildman–Crippen MR) is 136 cm³/mol. The maximum atomic E-state index is 13.1. The largest absolute Gasteiger partial charge is 0.493 e. The summed E-state index contributed by atoms with van der Waals surface area (Å²) in [6.07, 6.45) is 5.43. The lowest BCUT2D eigenvalue weighted by Gasteiger charge is -2.33. The van der Waals surface area contributed by atoms with Crippen LogP contribution in [0.4, 0.5) is 0 Å². The van der Waals surface area contributed by atoms with Gasteiger partial charge in [0.05, 0.1) is 25.3 Å². The number of piperidine rings is 1. The van der Waals surface area contributed by atoms with E-state index < -0.39 is 0 Å². The Morgan fingerprint density at radius 2 is 1.83 bits per heavy atom. The lowest BCUT2D eigenvalue weighted by molar-refractivity contribution is 0.0691. The minimum atomic E-state index is -0.00467. The molecule has 0 saturated carbocycles. The molecule has 0 bridgehead atoms. The van der Waals surface area contributed by atoms with Crippen molar-refractivity contribution in [2.75, 3.05) is 27.3 Å². The molecule has 1 aliphatic heterocycles. The van der Waals surface area contributed by atoms with Gasteiger partial charge in [-0.15, -0.1) is 11.3 Å². The van der Waals surface area contributed by atoms with Gasteiger partial charge >= 0.3 is 0 Å². The van der Waals surface area contributed by atoms with Gasteiger partial charge in [-0.3, -0.25) is 9.20 Å². The standard InChI is InChI=1S/C26H25N5O3S/c1-33-22-8-7-17(15-23(22)34-2)24-27-19-5-3-4-6-21(19)31(24)18-9-11-29(12-10-18)25(32)20-16-30-13-14-35-26(30)28-20/h3-8,13-16,18H,9-12H2,1-2H3. The fourth-order valence-corrected chi connectivity index (χ4v) is 5.61. The van der Waals surface area contributed by atoms with Crippen molar-refractivity contribution >= 4 is 33.2 Å². The molecular weight excluding hydrogens is 462 g/mol. The zero-order valence-corrected chi connectivity index (χ0v) is 20.4. The number of carbonyl (C=O) groups is 1. The van der Waals surface area contributed by atoms with Crippen LogP contribution in [0.2, 0.25) is 0 Å². The van der Waals surface area contributed by atoms with Crippen LogP contribution in [-0.4, -0.2) is 57.1 Å². The molecule has 0 N–H and O–H groups in total. The highest BCUT2D eigenvalue weighted by molar-refractivity contribution is 7.15. The highest BCUT2D eigenvalue weighted by atomic mass is 32.1. The average molecular weight is 488 g/mol. The second-order valence-electron chi connectivity index (χ2n) is 8.61. The summed E-state index contributed by atoms with van der Waals surface area (Å²) in [5, 5.41) is 1.97. The number of amides is 1. The lowest BCUT2D eigenvalue weighted by Crippen LogP contribution is -2.39. The van der Waals surface area contributed by atoms with Crippen LogP contribution in [0, 0.1) is 0 Å². The molecule has 1 aliphatic rings. The Morgan fingerprint density at radius 1 is 1.03 bits per heavy atom. The Labute approximate surface area is 206 Å². The number of para-hydroxylation sites is 2. The zero-order valence-electron chi connectivity index (χ0n) is 19.5. The summed E-state index contributed by atoms with van der Waals surface area (Å²) in [5.74, 6) is 2.25. The monoisotopic (exact) mass is 487 g/mol. The second-order valence-corrected chi connectivity index (χ2v) is 9.48. The number of aromatic nitrogens is 4. The number of rotatable bonds is 5.